The van der Waals surface area contributed by atoms with Crippen LogP contribution in [-0.2, 0) is 4.74 Å². The normalized spacial score (nSPS) is 42.9. The standard InChI is InChI=1S/C13H22O2S/c14-13(6-8-16-10-13)11-3-7-15-12(9-11)4-1-2-5-12/h11,14H,1-10H2. The van der Waals surface area contributed by atoms with Crippen LogP contribution in [0.2, 0.25) is 0 Å². The summed E-state index contributed by atoms with van der Waals surface area (Å²) in [6.45, 7) is 0.873. The van der Waals surface area contributed by atoms with Crippen molar-refractivity contribution in [2.24, 2.45) is 5.92 Å². The summed E-state index contributed by atoms with van der Waals surface area (Å²) in [6.07, 6.45) is 8.28. The Morgan fingerprint density at radius 3 is 2.69 bits per heavy atom. The van der Waals surface area contributed by atoms with Gasteiger partial charge in [-0.25, -0.2) is 0 Å². The molecule has 0 aromatic rings. The molecule has 0 bridgehead atoms. The highest BCUT2D eigenvalue weighted by molar-refractivity contribution is 7.99. The Labute approximate surface area is 102 Å². The first-order chi connectivity index (χ1) is 7.73. The van der Waals surface area contributed by atoms with Gasteiger partial charge in [-0.2, -0.15) is 11.8 Å². The molecule has 3 rings (SSSR count). The number of hydrogen-bond donors (Lipinski definition) is 1. The Morgan fingerprint density at radius 2 is 2.00 bits per heavy atom. The smallest absolute Gasteiger partial charge is 0.0775 e. The predicted molar refractivity (Wildman–Crippen MR) is 66.8 cm³/mol. The van der Waals surface area contributed by atoms with E-state index < -0.39 is 0 Å². The first kappa shape index (κ1) is 11.4. The first-order valence-electron chi connectivity index (χ1n) is 6.67. The van der Waals surface area contributed by atoms with Crippen molar-refractivity contribution < 1.29 is 9.84 Å². The summed E-state index contributed by atoms with van der Waals surface area (Å²) in [6, 6.07) is 0. The third-order valence-corrected chi connectivity index (χ3v) is 6.00. The van der Waals surface area contributed by atoms with Gasteiger partial charge in [-0.3, -0.25) is 0 Å². The molecule has 2 unspecified atom stereocenters. The summed E-state index contributed by atoms with van der Waals surface area (Å²) >= 11 is 1.91. The summed E-state index contributed by atoms with van der Waals surface area (Å²) in [5.41, 5.74) is -0.212. The van der Waals surface area contributed by atoms with Crippen molar-refractivity contribution >= 4 is 11.8 Å². The Bertz CT molecular complexity index is 245. The van der Waals surface area contributed by atoms with E-state index in [9.17, 15) is 5.11 Å². The second-order valence-electron chi connectivity index (χ2n) is 5.83. The van der Waals surface area contributed by atoms with Gasteiger partial charge in [-0.1, -0.05) is 12.8 Å². The lowest BCUT2D eigenvalue weighted by molar-refractivity contribution is -0.133. The zero-order valence-electron chi connectivity index (χ0n) is 9.91. The van der Waals surface area contributed by atoms with Crippen molar-refractivity contribution in [2.45, 2.75) is 56.1 Å². The molecule has 1 N–H and O–H groups in total. The van der Waals surface area contributed by atoms with Gasteiger partial charge >= 0.3 is 0 Å². The SMILES string of the molecule is OC1(C2CCOC3(CCCC3)C2)CCSC1. The summed E-state index contributed by atoms with van der Waals surface area (Å²) in [7, 11) is 0. The molecule has 0 aromatic carbocycles. The van der Waals surface area contributed by atoms with E-state index in [0.29, 0.717) is 5.92 Å². The second kappa shape index (κ2) is 4.18. The molecule has 2 heterocycles. The van der Waals surface area contributed by atoms with E-state index in [1.165, 1.54) is 25.7 Å². The molecular weight excluding hydrogens is 220 g/mol. The molecule has 16 heavy (non-hydrogen) atoms. The van der Waals surface area contributed by atoms with E-state index in [2.05, 4.69) is 0 Å². The van der Waals surface area contributed by atoms with Crippen LogP contribution in [0, 0.1) is 5.92 Å². The van der Waals surface area contributed by atoms with Crippen LogP contribution in [0.3, 0.4) is 0 Å². The van der Waals surface area contributed by atoms with Gasteiger partial charge in [0.1, 0.15) is 0 Å². The van der Waals surface area contributed by atoms with Gasteiger partial charge in [-0.05, 0) is 43.8 Å². The van der Waals surface area contributed by atoms with Crippen molar-refractivity contribution in [1.82, 2.24) is 0 Å². The van der Waals surface area contributed by atoms with Crippen molar-refractivity contribution in [3.63, 3.8) is 0 Å². The molecule has 1 spiro atoms. The van der Waals surface area contributed by atoms with Crippen LogP contribution in [0.4, 0.5) is 0 Å². The van der Waals surface area contributed by atoms with Crippen LogP contribution >= 0.6 is 11.8 Å². The average molecular weight is 242 g/mol. The van der Waals surface area contributed by atoms with E-state index in [4.69, 9.17) is 4.74 Å². The van der Waals surface area contributed by atoms with Crippen molar-refractivity contribution in [3.05, 3.63) is 0 Å². The third-order valence-electron chi connectivity index (χ3n) is 4.80. The van der Waals surface area contributed by atoms with Gasteiger partial charge in [0.05, 0.1) is 11.2 Å². The molecule has 3 fully saturated rings. The number of hydrogen-bond acceptors (Lipinski definition) is 3. The van der Waals surface area contributed by atoms with Crippen molar-refractivity contribution in [2.75, 3.05) is 18.1 Å². The Morgan fingerprint density at radius 1 is 1.19 bits per heavy atom. The monoisotopic (exact) mass is 242 g/mol. The molecule has 2 saturated heterocycles. The summed E-state index contributed by atoms with van der Waals surface area (Å²) in [5, 5.41) is 10.7. The zero-order chi connectivity index (χ0) is 11.1. The zero-order valence-corrected chi connectivity index (χ0v) is 10.7. The number of rotatable bonds is 1. The van der Waals surface area contributed by atoms with Gasteiger partial charge < -0.3 is 9.84 Å². The Hall–Kier alpha value is 0.270. The summed E-state index contributed by atoms with van der Waals surface area (Å²) in [5.74, 6) is 2.59. The number of ether oxygens (including phenoxy) is 1. The Kier molecular flexibility index (Phi) is 2.97. The van der Waals surface area contributed by atoms with E-state index >= 15 is 0 Å². The fourth-order valence-corrected chi connectivity index (χ4v) is 5.12. The molecule has 2 atom stereocenters. The number of thioether (sulfide) groups is 1. The molecule has 3 aliphatic rings. The van der Waals surface area contributed by atoms with Crippen LogP contribution in [0.1, 0.15) is 44.9 Å². The highest BCUT2D eigenvalue weighted by Gasteiger charge is 2.48. The van der Waals surface area contributed by atoms with Gasteiger partial charge in [0.2, 0.25) is 0 Å². The quantitative estimate of drug-likeness (QED) is 0.766. The fourth-order valence-electron chi connectivity index (χ4n) is 3.75. The van der Waals surface area contributed by atoms with E-state index in [1.54, 1.807) is 0 Å². The highest BCUT2D eigenvalue weighted by Crippen LogP contribution is 2.47. The van der Waals surface area contributed by atoms with Crippen LogP contribution in [0.15, 0.2) is 0 Å². The summed E-state index contributed by atoms with van der Waals surface area (Å²) < 4.78 is 6.04. The predicted octanol–water partition coefficient (Wildman–Crippen LogP) is 2.59. The lowest BCUT2D eigenvalue weighted by Crippen LogP contribution is -2.47. The molecular formula is C13H22O2S. The lowest BCUT2D eigenvalue weighted by Gasteiger charge is -2.43. The highest BCUT2D eigenvalue weighted by atomic mass is 32.2. The topological polar surface area (TPSA) is 29.5 Å². The van der Waals surface area contributed by atoms with Crippen LogP contribution in [0.5, 0.6) is 0 Å². The molecule has 0 amide bonds. The molecule has 2 aliphatic heterocycles. The lowest BCUT2D eigenvalue weighted by atomic mass is 9.75. The first-order valence-corrected chi connectivity index (χ1v) is 7.82. The maximum Gasteiger partial charge on any atom is 0.0775 e. The number of aliphatic hydroxyl groups is 1. The second-order valence-corrected chi connectivity index (χ2v) is 6.94. The maximum absolute atomic E-state index is 10.7. The van der Waals surface area contributed by atoms with Crippen LogP contribution < -0.4 is 0 Å². The molecule has 1 saturated carbocycles. The van der Waals surface area contributed by atoms with Gasteiger partial charge in [0.15, 0.2) is 0 Å². The Balaban J connectivity index is 1.72. The largest absolute Gasteiger partial charge is 0.389 e. The molecule has 3 heteroatoms. The van der Waals surface area contributed by atoms with Gasteiger partial charge in [0, 0.05) is 12.4 Å². The van der Waals surface area contributed by atoms with E-state index in [0.717, 1.165) is 37.4 Å². The minimum Gasteiger partial charge on any atom is -0.389 e. The van der Waals surface area contributed by atoms with Crippen molar-refractivity contribution in [1.29, 1.82) is 0 Å². The fraction of sp³-hybridized carbons (Fsp3) is 1.00. The summed E-state index contributed by atoms with van der Waals surface area (Å²) in [4.78, 5) is 0. The van der Waals surface area contributed by atoms with E-state index in [1.807, 2.05) is 11.8 Å². The van der Waals surface area contributed by atoms with Crippen LogP contribution in [-0.4, -0.2) is 34.4 Å². The van der Waals surface area contributed by atoms with Crippen molar-refractivity contribution in [3.8, 4) is 0 Å². The average Bonchev–Trinajstić information content (AvgIpc) is 2.90. The van der Waals surface area contributed by atoms with Crippen LogP contribution in [0.25, 0.3) is 0 Å². The van der Waals surface area contributed by atoms with Gasteiger partial charge in [-0.15, -0.1) is 0 Å². The molecule has 1 aliphatic carbocycles. The maximum atomic E-state index is 10.7. The third kappa shape index (κ3) is 1.91. The van der Waals surface area contributed by atoms with Gasteiger partial charge in [0.25, 0.3) is 0 Å². The molecule has 2 nitrogen and oxygen atoms in total. The molecule has 0 aromatic heterocycles. The van der Waals surface area contributed by atoms with E-state index in [-0.39, 0.29) is 11.2 Å². The molecule has 92 valence electrons. The minimum absolute atomic E-state index is 0.159. The molecule has 0 radical (unpaired) electrons. The minimum atomic E-state index is -0.371.